The minimum atomic E-state index is -0.511. The molecule has 0 aliphatic heterocycles. The van der Waals surface area contributed by atoms with Gasteiger partial charge in [0.25, 0.3) is 0 Å². The van der Waals surface area contributed by atoms with Crippen LogP contribution in [-0.4, -0.2) is 0 Å². The molecule has 0 bridgehead atoms. The van der Waals surface area contributed by atoms with Crippen LogP contribution in [0.1, 0.15) is 44.5 Å². The van der Waals surface area contributed by atoms with Gasteiger partial charge in [-0.25, -0.2) is 0 Å². The molecule has 4 aliphatic rings. The third-order valence-corrected chi connectivity index (χ3v) is 17.4. The van der Waals surface area contributed by atoms with Crippen LogP contribution in [0.2, 0.25) is 0 Å². The summed E-state index contributed by atoms with van der Waals surface area (Å²) in [4.78, 5) is 2.60. The highest BCUT2D eigenvalue weighted by Crippen LogP contribution is 2.66. The van der Waals surface area contributed by atoms with Gasteiger partial charge in [0.15, 0.2) is 0 Å². The first kappa shape index (κ1) is 38.4. The minimum Gasteiger partial charge on any atom is -0.310 e. The fourth-order valence-corrected chi connectivity index (χ4v) is 14.7. The van der Waals surface area contributed by atoms with Crippen LogP contribution in [0.15, 0.2) is 249 Å². The van der Waals surface area contributed by atoms with Crippen molar-refractivity contribution in [3.63, 3.8) is 0 Å². The van der Waals surface area contributed by atoms with Crippen molar-refractivity contribution in [3.8, 4) is 55.6 Å². The largest absolute Gasteiger partial charge is 0.310 e. The Morgan fingerprint density at radius 3 is 1.20 bits per heavy atom. The lowest BCUT2D eigenvalue weighted by Crippen LogP contribution is -2.26. The van der Waals surface area contributed by atoms with E-state index in [1.807, 2.05) is 11.3 Å². The lowest BCUT2D eigenvalue weighted by molar-refractivity contribution is 0.792. The van der Waals surface area contributed by atoms with Crippen molar-refractivity contribution < 1.29 is 0 Å². The molecule has 0 atom stereocenters. The maximum absolute atomic E-state index is 2.60. The Labute approximate surface area is 410 Å². The van der Waals surface area contributed by atoms with Gasteiger partial charge in [-0.2, -0.15) is 0 Å². The van der Waals surface area contributed by atoms with Crippen LogP contribution in [-0.2, 0) is 10.8 Å². The van der Waals surface area contributed by atoms with Crippen LogP contribution >= 0.6 is 11.3 Å². The first-order valence-electron chi connectivity index (χ1n) is 24.4. The van der Waals surface area contributed by atoms with Gasteiger partial charge in [-0.15, -0.1) is 11.3 Å². The first-order chi connectivity index (χ1) is 34.7. The lowest BCUT2D eigenvalue weighted by Gasteiger charge is -2.34. The summed E-state index contributed by atoms with van der Waals surface area (Å²) >= 11 is 1.87. The van der Waals surface area contributed by atoms with Crippen molar-refractivity contribution in [1.82, 2.24) is 0 Å². The van der Waals surface area contributed by atoms with Gasteiger partial charge in [0.2, 0.25) is 0 Å². The van der Waals surface area contributed by atoms with E-state index in [0.29, 0.717) is 0 Å². The molecule has 4 aliphatic carbocycles. The molecule has 2 spiro atoms. The quantitative estimate of drug-likeness (QED) is 0.170. The maximum atomic E-state index is 2.60. The van der Waals surface area contributed by atoms with E-state index in [9.17, 15) is 0 Å². The Hall–Kier alpha value is -8.56. The zero-order valence-corrected chi connectivity index (χ0v) is 38.8. The summed E-state index contributed by atoms with van der Waals surface area (Å²) in [5.41, 5.74) is 25.9. The summed E-state index contributed by atoms with van der Waals surface area (Å²) < 4.78 is 2.59. The maximum Gasteiger partial charge on any atom is 0.0726 e. The average Bonchev–Trinajstić information content (AvgIpc) is 4.20. The van der Waals surface area contributed by atoms with Crippen LogP contribution in [0.4, 0.5) is 17.1 Å². The van der Waals surface area contributed by atoms with Gasteiger partial charge in [-0.1, -0.05) is 200 Å². The van der Waals surface area contributed by atoms with Crippen LogP contribution in [0.3, 0.4) is 0 Å². The molecule has 70 heavy (non-hydrogen) atoms. The monoisotopic (exact) mass is 903 g/mol. The SMILES string of the molecule is c1ccc(-c2cc3c(cc2N(c2ccc4c(c2)C2(c5ccccc5-c5ccccc52)c2ccccc2-4)c2ccc4sc5ccccc5c4c2)C2(c4ccccc4-c4ccccc42)c2ccccc2-3)cc1. The average molecular weight is 904 g/mol. The van der Waals surface area contributed by atoms with Gasteiger partial charge in [0.1, 0.15) is 0 Å². The Bertz CT molecular complexity index is 4100. The van der Waals surface area contributed by atoms with Crippen molar-refractivity contribution >= 4 is 48.6 Å². The third kappa shape index (κ3) is 4.76. The molecule has 1 nitrogen and oxygen atoms in total. The van der Waals surface area contributed by atoms with Crippen LogP contribution in [0.5, 0.6) is 0 Å². The van der Waals surface area contributed by atoms with E-state index in [0.717, 1.165) is 17.1 Å². The van der Waals surface area contributed by atoms with Gasteiger partial charge in [0.05, 0.1) is 16.5 Å². The molecule has 1 aromatic heterocycles. The number of hydrogen-bond acceptors (Lipinski definition) is 2. The van der Waals surface area contributed by atoms with E-state index >= 15 is 0 Å². The zero-order valence-electron chi connectivity index (χ0n) is 38.0. The van der Waals surface area contributed by atoms with Crippen molar-refractivity contribution in [3.05, 3.63) is 293 Å². The number of nitrogens with zero attached hydrogens (tertiary/aromatic N) is 1. The summed E-state index contributed by atoms with van der Waals surface area (Å²) in [6, 6.07) is 94.5. The van der Waals surface area contributed by atoms with Crippen LogP contribution in [0.25, 0.3) is 75.8 Å². The second-order valence-corrected chi connectivity index (χ2v) is 20.5. The fraction of sp³-hybridized carbons (Fsp3) is 0.0294. The Morgan fingerprint density at radius 2 is 0.657 bits per heavy atom. The highest BCUT2D eigenvalue weighted by molar-refractivity contribution is 7.25. The predicted octanol–water partition coefficient (Wildman–Crippen LogP) is 17.9. The molecule has 324 valence electrons. The number of thiophene rings is 1. The fourth-order valence-electron chi connectivity index (χ4n) is 13.7. The van der Waals surface area contributed by atoms with E-state index in [1.54, 1.807) is 0 Å². The topological polar surface area (TPSA) is 3.24 Å². The normalized spacial score (nSPS) is 14.2. The Kier molecular flexibility index (Phi) is 7.69. The first-order valence-corrected chi connectivity index (χ1v) is 25.2. The summed E-state index contributed by atoms with van der Waals surface area (Å²) in [5, 5.41) is 2.56. The van der Waals surface area contributed by atoms with Crippen LogP contribution < -0.4 is 4.90 Å². The molecular formula is C68H41NS. The molecule has 0 radical (unpaired) electrons. The van der Waals surface area contributed by atoms with Crippen molar-refractivity contribution in [2.45, 2.75) is 10.8 Å². The van der Waals surface area contributed by atoms with Crippen molar-refractivity contribution in [1.29, 1.82) is 0 Å². The third-order valence-electron chi connectivity index (χ3n) is 16.3. The number of anilines is 3. The number of benzene rings is 11. The van der Waals surface area contributed by atoms with Gasteiger partial charge in [-0.3, -0.25) is 0 Å². The molecule has 16 rings (SSSR count). The van der Waals surface area contributed by atoms with Crippen molar-refractivity contribution in [2.75, 3.05) is 4.90 Å². The molecule has 0 N–H and O–H groups in total. The predicted molar refractivity (Wildman–Crippen MR) is 292 cm³/mol. The molecular weight excluding hydrogens is 863 g/mol. The highest BCUT2D eigenvalue weighted by atomic mass is 32.1. The molecule has 0 unspecified atom stereocenters. The molecule has 2 heteroatoms. The summed E-state index contributed by atoms with van der Waals surface area (Å²) in [6.45, 7) is 0. The summed E-state index contributed by atoms with van der Waals surface area (Å²) in [6.07, 6.45) is 0. The minimum absolute atomic E-state index is 0.489. The van der Waals surface area contributed by atoms with Gasteiger partial charge < -0.3 is 4.90 Å². The van der Waals surface area contributed by atoms with Gasteiger partial charge >= 0.3 is 0 Å². The lowest BCUT2D eigenvalue weighted by atomic mass is 9.70. The Balaban J connectivity index is 1.04. The second-order valence-electron chi connectivity index (χ2n) is 19.4. The molecule has 0 fully saturated rings. The van der Waals surface area contributed by atoms with E-state index in [4.69, 9.17) is 0 Å². The standard InChI is InChI=1S/C68H41NS/c1-2-18-42(19-3-1)53-40-54-50-25-9-16-32-61(50)68(58-29-13-6-22-47(58)48-23-7-14-30-59(48)68)63(54)41-64(53)69(43-35-37-66-55(38-43)52-26-10-17-33-65(52)70-66)44-34-36-51-49-24-8-15-31-60(49)67(62(51)39-44)56-27-11-4-20-45(56)46-21-5-12-28-57(46)67/h1-41H. The second kappa shape index (κ2) is 14.0. The summed E-state index contributed by atoms with van der Waals surface area (Å²) in [5.74, 6) is 0. The molecule has 0 saturated carbocycles. The van der Waals surface area contributed by atoms with E-state index in [-0.39, 0.29) is 0 Å². The van der Waals surface area contributed by atoms with E-state index < -0.39 is 10.8 Å². The van der Waals surface area contributed by atoms with E-state index in [1.165, 1.54) is 120 Å². The molecule has 0 saturated heterocycles. The van der Waals surface area contributed by atoms with Crippen LogP contribution in [0, 0.1) is 0 Å². The van der Waals surface area contributed by atoms with Gasteiger partial charge in [0, 0.05) is 37.1 Å². The molecule has 11 aromatic carbocycles. The zero-order chi connectivity index (χ0) is 45.7. The van der Waals surface area contributed by atoms with Crippen molar-refractivity contribution in [2.24, 2.45) is 0 Å². The Morgan fingerprint density at radius 1 is 0.257 bits per heavy atom. The number of hydrogen-bond donors (Lipinski definition) is 0. The molecule has 12 aromatic rings. The highest BCUT2D eigenvalue weighted by Gasteiger charge is 2.53. The summed E-state index contributed by atoms with van der Waals surface area (Å²) in [7, 11) is 0. The number of rotatable bonds is 4. The smallest absolute Gasteiger partial charge is 0.0726 e. The molecule has 1 heterocycles. The molecule has 0 amide bonds. The van der Waals surface area contributed by atoms with E-state index in [2.05, 4.69) is 254 Å². The van der Waals surface area contributed by atoms with Gasteiger partial charge in [-0.05, 0) is 143 Å². The number of fused-ring (bicyclic) bond motifs is 23.